The van der Waals surface area contributed by atoms with Gasteiger partial charge < -0.3 is 19.9 Å². The highest BCUT2D eigenvalue weighted by molar-refractivity contribution is 6.43. The van der Waals surface area contributed by atoms with Gasteiger partial charge in [0.05, 0.1) is 40.9 Å². The van der Waals surface area contributed by atoms with E-state index in [-0.39, 0.29) is 36.5 Å². The molecule has 0 unspecified atom stereocenters. The zero-order valence-corrected chi connectivity index (χ0v) is 25.5. The maximum absolute atomic E-state index is 13.9. The molecule has 2 amide bonds. The van der Waals surface area contributed by atoms with E-state index in [0.717, 1.165) is 38.4 Å². The number of anilines is 1. The molecule has 0 radical (unpaired) electrons. The number of aromatic hydroxyl groups is 1. The van der Waals surface area contributed by atoms with Crippen molar-refractivity contribution in [2.45, 2.75) is 45.5 Å². The Morgan fingerprint density at radius 2 is 1.87 bits per heavy atom. The smallest absolute Gasteiger partial charge is 0.455 e. The number of nitro groups is 1. The number of aromatic nitrogens is 1. The molecule has 2 aromatic carbocycles. The van der Waals surface area contributed by atoms with Gasteiger partial charge in [0.1, 0.15) is 5.75 Å². The van der Waals surface area contributed by atoms with Gasteiger partial charge in [-0.05, 0) is 115 Å². The number of benzene rings is 2. The van der Waals surface area contributed by atoms with Crippen LogP contribution in [0.25, 0.3) is 11.6 Å². The lowest BCUT2D eigenvalue weighted by molar-refractivity contribution is -0.384. The fourth-order valence-corrected chi connectivity index (χ4v) is 7.30. The van der Waals surface area contributed by atoms with Gasteiger partial charge in [-0.15, -0.1) is 0 Å². The number of non-ortho nitro benzene ring substituents is 1. The standard InChI is InChI=1S/C34H34BN3O8/c1-19-12-21(13-20(2)32(19)40)14-22(28-8-3-4-11-36-28)9-10-29-30-23(18-39)15-26-31(27(30)17-35(43)46-29)34(42)37(33(26)41)24-6-5-7-25(16-24)38(44)45/h3-8,11-14,16,26-27,29,31,39-40,43H,9-10,15,17-18H2,1-2H3/b22-14-/t26-,27+,29-,31-/m1/s1. The number of phenolic OH excluding ortho intramolecular Hbond substituents is 1. The molecule has 0 bridgehead atoms. The van der Waals surface area contributed by atoms with Crippen LogP contribution in [0.3, 0.4) is 0 Å². The first kappa shape index (κ1) is 31.3. The number of fused-ring (bicyclic) bond motifs is 3. The molecule has 6 rings (SSSR count). The SMILES string of the molecule is Cc1cc(/C=C(/CC[C@H]2OB(O)C[C@H]3C2=C(CO)C[C@H]2C(=O)N(c4cccc([N+](=O)[O-])c4)C(=O)[C@H]23)c2ccccn2)cc(C)c1O. The Hall–Kier alpha value is -4.65. The van der Waals surface area contributed by atoms with Crippen molar-refractivity contribution in [1.82, 2.24) is 4.98 Å². The highest BCUT2D eigenvalue weighted by Crippen LogP contribution is 2.51. The number of pyridine rings is 1. The summed E-state index contributed by atoms with van der Waals surface area (Å²) in [4.78, 5) is 44.0. The van der Waals surface area contributed by atoms with Crippen LogP contribution in [-0.2, 0) is 14.2 Å². The number of nitrogens with zero attached hydrogens (tertiary/aromatic N) is 3. The summed E-state index contributed by atoms with van der Waals surface area (Å²) in [5, 5.41) is 43.1. The molecule has 3 aromatic rings. The van der Waals surface area contributed by atoms with Crippen LogP contribution in [-0.4, -0.2) is 56.8 Å². The molecule has 1 aromatic heterocycles. The molecule has 2 fully saturated rings. The summed E-state index contributed by atoms with van der Waals surface area (Å²) < 4.78 is 6.06. The van der Waals surface area contributed by atoms with Gasteiger partial charge in [0.15, 0.2) is 0 Å². The number of carbonyl (C=O) groups excluding carboxylic acids is 2. The Morgan fingerprint density at radius 1 is 1.11 bits per heavy atom. The van der Waals surface area contributed by atoms with Crippen molar-refractivity contribution in [1.29, 1.82) is 0 Å². The van der Waals surface area contributed by atoms with Gasteiger partial charge in [0, 0.05) is 18.3 Å². The molecular weight excluding hydrogens is 589 g/mol. The Bertz CT molecular complexity index is 1750. The number of imide groups is 1. The zero-order chi connectivity index (χ0) is 32.7. The van der Waals surface area contributed by atoms with Crippen molar-refractivity contribution in [2.24, 2.45) is 17.8 Å². The minimum Gasteiger partial charge on any atom is -0.507 e. The first-order valence-corrected chi connectivity index (χ1v) is 15.3. The van der Waals surface area contributed by atoms with E-state index in [0.29, 0.717) is 18.4 Å². The summed E-state index contributed by atoms with van der Waals surface area (Å²) in [5.74, 6) is -2.83. The molecule has 12 heteroatoms. The maximum Gasteiger partial charge on any atom is 0.455 e. The highest BCUT2D eigenvalue weighted by atomic mass is 16.6. The summed E-state index contributed by atoms with van der Waals surface area (Å²) in [7, 11) is -1.20. The van der Waals surface area contributed by atoms with Gasteiger partial charge in [-0.2, -0.15) is 0 Å². The molecule has 2 aliphatic heterocycles. The summed E-state index contributed by atoms with van der Waals surface area (Å²) in [6.07, 6.45) is 4.18. The lowest BCUT2D eigenvalue weighted by atomic mass is 9.58. The number of aliphatic hydroxyl groups excluding tert-OH is 1. The second kappa shape index (κ2) is 12.6. The number of carbonyl (C=O) groups is 2. The van der Waals surface area contributed by atoms with Crippen LogP contribution in [0.2, 0.25) is 6.32 Å². The van der Waals surface area contributed by atoms with Crippen molar-refractivity contribution in [2.75, 3.05) is 11.5 Å². The maximum atomic E-state index is 13.9. The number of hydrogen-bond acceptors (Lipinski definition) is 9. The molecular formula is C34H34BN3O8. The van der Waals surface area contributed by atoms with Gasteiger partial charge in [-0.3, -0.25) is 24.7 Å². The Morgan fingerprint density at radius 3 is 2.54 bits per heavy atom. The van der Waals surface area contributed by atoms with Crippen LogP contribution in [0.1, 0.15) is 41.6 Å². The Kier molecular flexibility index (Phi) is 8.60. The molecule has 1 aliphatic carbocycles. The largest absolute Gasteiger partial charge is 0.507 e. The molecule has 236 valence electrons. The first-order valence-electron chi connectivity index (χ1n) is 15.3. The molecule has 11 nitrogen and oxygen atoms in total. The monoisotopic (exact) mass is 623 g/mol. The Balaban J connectivity index is 1.32. The van der Waals surface area contributed by atoms with Crippen molar-refractivity contribution in [3.63, 3.8) is 0 Å². The van der Waals surface area contributed by atoms with E-state index in [4.69, 9.17) is 4.65 Å². The van der Waals surface area contributed by atoms with Crippen LogP contribution in [0.4, 0.5) is 11.4 Å². The van der Waals surface area contributed by atoms with Crippen molar-refractivity contribution < 1.29 is 34.4 Å². The van der Waals surface area contributed by atoms with E-state index < -0.39 is 47.7 Å². The summed E-state index contributed by atoms with van der Waals surface area (Å²) in [5.41, 5.74) is 5.26. The van der Waals surface area contributed by atoms with Crippen LogP contribution in [0, 0.1) is 41.7 Å². The quantitative estimate of drug-likeness (QED) is 0.107. The molecule has 4 atom stereocenters. The van der Waals surface area contributed by atoms with E-state index in [2.05, 4.69) is 4.98 Å². The van der Waals surface area contributed by atoms with Crippen molar-refractivity contribution in [3.8, 4) is 5.75 Å². The van der Waals surface area contributed by atoms with Gasteiger partial charge >= 0.3 is 7.12 Å². The predicted octanol–water partition coefficient (Wildman–Crippen LogP) is 4.63. The number of rotatable bonds is 8. The predicted molar refractivity (Wildman–Crippen MR) is 171 cm³/mol. The third-order valence-electron chi connectivity index (χ3n) is 9.32. The number of amides is 2. The summed E-state index contributed by atoms with van der Waals surface area (Å²) in [6, 6.07) is 14.8. The lowest BCUT2D eigenvalue weighted by Gasteiger charge is -2.42. The minimum atomic E-state index is -1.20. The van der Waals surface area contributed by atoms with E-state index in [1.807, 2.05) is 50.3 Å². The number of allylic oxidation sites excluding steroid dienone is 1. The minimum absolute atomic E-state index is 0.0767. The lowest BCUT2D eigenvalue weighted by Crippen LogP contribution is -2.46. The van der Waals surface area contributed by atoms with Crippen LogP contribution in [0.15, 0.2) is 71.9 Å². The van der Waals surface area contributed by atoms with Crippen LogP contribution < -0.4 is 4.90 Å². The fraction of sp³-hybridized carbons (Fsp3) is 0.324. The molecule has 46 heavy (non-hydrogen) atoms. The highest BCUT2D eigenvalue weighted by Gasteiger charge is 2.57. The summed E-state index contributed by atoms with van der Waals surface area (Å²) >= 11 is 0. The van der Waals surface area contributed by atoms with Gasteiger partial charge in [0.25, 0.3) is 5.69 Å². The van der Waals surface area contributed by atoms with E-state index >= 15 is 0 Å². The average Bonchev–Trinajstić information content (AvgIpc) is 3.30. The number of aliphatic hydroxyl groups is 1. The molecule has 3 aliphatic rings. The third-order valence-corrected chi connectivity index (χ3v) is 9.32. The van der Waals surface area contributed by atoms with E-state index in [1.54, 1.807) is 6.20 Å². The number of phenols is 1. The topological polar surface area (TPSA) is 163 Å². The second-order valence-corrected chi connectivity index (χ2v) is 12.2. The molecule has 3 N–H and O–H groups in total. The molecule has 3 heterocycles. The van der Waals surface area contributed by atoms with Gasteiger partial charge in [-0.25, -0.2) is 4.90 Å². The van der Waals surface area contributed by atoms with Crippen molar-refractivity contribution >= 4 is 42.0 Å². The molecule has 0 saturated carbocycles. The zero-order valence-electron chi connectivity index (χ0n) is 25.5. The molecule has 2 saturated heterocycles. The molecule has 0 spiro atoms. The number of aryl methyl sites for hydroxylation is 2. The third kappa shape index (κ3) is 5.75. The second-order valence-electron chi connectivity index (χ2n) is 12.2. The van der Waals surface area contributed by atoms with Gasteiger partial charge in [-0.1, -0.05) is 12.1 Å². The number of hydrogen-bond donors (Lipinski definition) is 3. The first-order chi connectivity index (χ1) is 22.1. The number of nitro benzene ring substituents is 1. The van der Waals surface area contributed by atoms with Gasteiger partial charge in [0.2, 0.25) is 11.8 Å². The van der Waals surface area contributed by atoms with E-state index in [9.17, 15) is 34.9 Å². The van der Waals surface area contributed by atoms with Crippen LogP contribution in [0.5, 0.6) is 5.75 Å². The average molecular weight is 623 g/mol. The van der Waals surface area contributed by atoms with Crippen LogP contribution >= 0.6 is 0 Å². The normalized spacial score (nSPS) is 23.1. The Labute approximate surface area is 266 Å². The summed E-state index contributed by atoms with van der Waals surface area (Å²) in [6.45, 7) is 3.34. The fourth-order valence-electron chi connectivity index (χ4n) is 7.30. The van der Waals surface area contributed by atoms with E-state index in [1.165, 1.54) is 24.3 Å². The van der Waals surface area contributed by atoms with Crippen molar-refractivity contribution in [3.05, 3.63) is 104 Å².